The third-order valence-electron chi connectivity index (χ3n) is 3.23. The van der Waals surface area contributed by atoms with Crippen LogP contribution in [0.25, 0.3) is 0 Å². The molecule has 1 aliphatic heterocycles. The minimum atomic E-state index is 0. The molecule has 0 aromatic heterocycles. The Bertz CT molecular complexity index is 359. The van der Waals surface area contributed by atoms with Gasteiger partial charge in [-0.3, -0.25) is 4.90 Å². The number of nitrogens with one attached hydrogen (secondary N) is 1. The van der Waals surface area contributed by atoms with E-state index >= 15 is 0 Å². The zero-order valence-corrected chi connectivity index (χ0v) is 13.3. The number of benzene rings is 1. The summed E-state index contributed by atoms with van der Waals surface area (Å²) in [6, 6.07) is 8.96. The molecule has 0 amide bonds. The van der Waals surface area contributed by atoms with Gasteiger partial charge < -0.3 is 10.4 Å². The number of aliphatic hydroxyl groups is 1. The molecule has 102 valence electrons. The van der Waals surface area contributed by atoms with Crippen LogP contribution in [0, 0.1) is 3.57 Å². The van der Waals surface area contributed by atoms with Crippen LogP contribution in [-0.2, 0) is 0 Å². The molecule has 3 nitrogen and oxygen atoms in total. The van der Waals surface area contributed by atoms with E-state index in [1.807, 2.05) is 0 Å². The Hall–Kier alpha value is 0.120. The van der Waals surface area contributed by atoms with E-state index in [-0.39, 0.29) is 19.0 Å². The van der Waals surface area contributed by atoms with E-state index in [2.05, 4.69) is 57.1 Å². The van der Waals surface area contributed by atoms with Crippen molar-refractivity contribution in [2.24, 2.45) is 0 Å². The number of piperazine rings is 1. The zero-order valence-electron chi connectivity index (χ0n) is 10.3. The van der Waals surface area contributed by atoms with E-state index in [1.165, 1.54) is 9.13 Å². The van der Waals surface area contributed by atoms with Gasteiger partial charge in [0.05, 0.1) is 0 Å². The van der Waals surface area contributed by atoms with Gasteiger partial charge in [0.25, 0.3) is 0 Å². The van der Waals surface area contributed by atoms with Gasteiger partial charge in [-0.05, 0) is 46.7 Å². The number of nitrogens with zero attached hydrogens (tertiary/aromatic N) is 1. The Balaban J connectivity index is 0.00000162. The predicted molar refractivity (Wildman–Crippen MR) is 85.3 cm³/mol. The summed E-state index contributed by atoms with van der Waals surface area (Å²) in [5.74, 6) is 0. The van der Waals surface area contributed by atoms with Crippen molar-refractivity contribution in [3.05, 3.63) is 33.4 Å². The molecule has 1 heterocycles. The lowest BCUT2D eigenvalue weighted by atomic mass is 10.0. The maximum atomic E-state index is 9.25. The van der Waals surface area contributed by atoms with Gasteiger partial charge in [0.2, 0.25) is 0 Å². The smallest absolute Gasteiger partial charge is 0.0449 e. The predicted octanol–water partition coefficient (Wildman–Crippen LogP) is 2.04. The van der Waals surface area contributed by atoms with Crippen molar-refractivity contribution in [3.63, 3.8) is 0 Å². The Morgan fingerprint density at radius 3 is 2.67 bits per heavy atom. The zero-order chi connectivity index (χ0) is 12.1. The molecule has 18 heavy (non-hydrogen) atoms. The van der Waals surface area contributed by atoms with Crippen molar-refractivity contribution in [3.8, 4) is 0 Å². The number of halogens is 2. The number of hydrogen-bond donors (Lipinski definition) is 2. The van der Waals surface area contributed by atoms with Crippen LogP contribution in [0.2, 0.25) is 0 Å². The molecule has 2 N–H and O–H groups in total. The molecule has 1 aromatic carbocycles. The first-order valence-corrected chi connectivity index (χ1v) is 7.20. The van der Waals surface area contributed by atoms with Gasteiger partial charge >= 0.3 is 0 Å². The summed E-state index contributed by atoms with van der Waals surface area (Å²) >= 11 is 2.34. The minimum absolute atomic E-state index is 0. The standard InChI is InChI=1S/C13H19IN2O.ClH/c14-12-3-1-2-11(10-12)13(4-9-17)16-7-5-15-6-8-16;/h1-3,10,13,15,17H,4-9H2;1H/t13-;/m1./s1. The third-order valence-corrected chi connectivity index (χ3v) is 3.90. The van der Waals surface area contributed by atoms with E-state index in [1.54, 1.807) is 0 Å². The van der Waals surface area contributed by atoms with Crippen molar-refractivity contribution in [2.45, 2.75) is 12.5 Å². The second-order valence-corrected chi connectivity index (χ2v) is 5.61. The van der Waals surface area contributed by atoms with Crippen LogP contribution in [0.15, 0.2) is 24.3 Å². The first-order chi connectivity index (χ1) is 8.31. The van der Waals surface area contributed by atoms with E-state index in [0.29, 0.717) is 6.04 Å². The van der Waals surface area contributed by atoms with E-state index in [0.717, 1.165) is 32.6 Å². The van der Waals surface area contributed by atoms with E-state index in [4.69, 9.17) is 0 Å². The van der Waals surface area contributed by atoms with Crippen LogP contribution in [0.1, 0.15) is 18.0 Å². The quantitative estimate of drug-likeness (QED) is 0.782. The van der Waals surface area contributed by atoms with Crippen LogP contribution in [0.4, 0.5) is 0 Å². The summed E-state index contributed by atoms with van der Waals surface area (Å²) in [6.07, 6.45) is 0.820. The fraction of sp³-hybridized carbons (Fsp3) is 0.538. The van der Waals surface area contributed by atoms with Gasteiger partial charge in [0.15, 0.2) is 0 Å². The highest BCUT2D eigenvalue weighted by atomic mass is 127. The van der Waals surface area contributed by atoms with Crippen molar-refractivity contribution >= 4 is 35.0 Å². The molecule has 2 rings (SSSR count). The highest BCUT2D eigenvalue weighted by molar-refractivity contribution is 14.1. The van der Waals surface area contributed by atoms with Gasteiger partial charge in [0.1, 0.15) is 0 Å². The van der Waals surface area contributed by atoms with Crippen molar-refractivity contribution in [1.29, 1.82) is 0 Å². The van der Waals surface area contributed by atoms with Gasteiger partial charge in [-0.25, -0.2) is 0 Å². The van der Waals surface area contributed by atoms with Gasteiger partial charge in [0, 0.05) is 42.4 Å². The highest BCUT2D eigenvalue weighted by Gasteiger charge is 2.21. The molecule has 1 atom stereocenters. The third kappa shape index (κ3) is 4.35. The topological polar surface area (TPSA) is 35.5 Å². The van der Waals surface area contributed by atoms with Crippen LogP contribution in [0.5, 0.6) is 0 Å². The fourth-order valence-electron chi connectivity index (χ4n) is 2.39. The Morgan fingerprint density at radius 2 is 2.06 bits per heavy atom. The van der Waals surface area contributed by atoms with Crippen LogP contribution >= 0.6 is 35.0 Å². The second kappa shape index (κ2) is 8.32. The van der Waals surface area contributed by atoms with Gasteiger partial charge in [-0.15, -0.1) is 12.4 Å². The summed E-state index contributed by atoms with van der Waals surface area (Å²) in [7, 11) is 0. The number of rotatable bonds is 4. The first-order valence-electron chi connectivity index (χ1n) is 6.12. The normalized spacial score (nSPS) is 18.1. The number of aliphatic hydroxyl groups excluding tert-OH is 1. The summed E-state index contributed by atoms with van der Waals surface area (Å²) in [6.45, 7) is 4.48. The maximum absolute atomic E-state index is 9.25. The number of hydrogen-bond acceptors (Lipinski definition) is 3. The molecule has 0 aliphatic carbocycles. The van der Waals surface area contributed by atoms with Gasteiger partial charge in [-0.2, -0.15) is 0 Å². The van der Waals surface area contributed by atoms with Gasteiger partial charge in [-0.1, -0.05) is 12.1 Å². The molecular formula is C13H20ClIN2O. The molecule has 0 saturated carbocycles. The van der Waals surface area contributed by atoms with E-state index in [9.17, 15) is 5.11 Å². The minimum Gasteiger partial charge on any atom is -0.396 e. The molecule has 5 heteroatoms. The molecular weight excluding hydrogens is 363 g/mol. The summed E-state index contributed by atoms with van der Waals surface area (Å²) < 4.78 is 1.26. The molecule has 1 aliphatic rings. The SMILES string of the molecule is Cl.OCC[C@H](c1cccc(I)c1)N1CCNCC1. The highest BCUT2D eigenvalue weighted by Crippen LogP contribution is 2.25. The lowest BCUT2D eigenvalue weighted by Crippen LogP contribution is -2.45. The lowest BCUT2D eigenvalue weighted by Gasteiger charge is -2.35. The summed E-state index contributed by atoms with van der Waals surface area (Å²) in [5, 5.41) is 12.6. The Labute approximate surface area is 128 Å². The van der Waals surface area contributed by atoms with Crippen LogP contribution < -0.4 is 5.32 Å². The average molecular weight is 383 g/mol. The first kappa shape index (κ1) is 16.2. The molecule has 0 spiro atoms. The van der Waals surface area contributed by atoms with Crippen molar-refractivity contribution < 1.29 is 5.11 Å². The average Bonchev–Trinajstić information content (AvgIpc) is 2.37. The second-order valence-electron chi connectivity index (χ2n) is 4.37. The lowest BCUT2D eigenvalue weighted by molar-refractivity contribution is 0.141. The summed E-state index contributed by atoms with van der Waals surface area (Å²) in [4.78, 5) is 2.47. The molecule has 0 bridgehead atoms. The molecule has 1 aromatic rings. The molecule has 1 fully saturated rings. The monoisotopic (exact) mass is 382 g/mol. The fourth-order valence-corrected chi connectivity index (χ4v) is 2.96. The Kier molecular flexibility index (Phi) is 7.48. The maximum Gasteiger partial charge on any atom is 0.0449 e. The molecule has 0 unspecified atom stereocenters. The summed E-state index contributed by atoms with van der Waals surface area (Å²) in [5.41, 5.74) is 1.33. The molecule has 0 radical (unpaired) electrons. The van der Waals surface area contributed by atoms with E-state index < -0.39 is 0 Å². The molecule has 1 saturated heterocycles. The van der Waals surface area contributed by atoms with Crippen LogP contribution in [-0.4, -0.2) is 42.8 Å². The van der Waals surface area contributed by atoms with Crippen LogP contribution in [0.3, 0.4) is 0 Å². The van der Waals surface area contributed by atoms with Crippen molar-refractivity contribution in [2.75, 3.05) is 32.8 Å². The largest absolute Gasteiger partial charge is 0.396 e. The Morgan fingerprint density at radius 1 is 1.33 bits per heavy atom. The van der Waals surface area contributed by atoms with Crippen molar-refractivity contribution in [1.82, 2.24) is 10.2 Å².